The molecule has 1 aliphatic rings. The van der Waals surface area contributed by atoms with Crippen LogP contribution >= 0.6 is 22.7 Å². The van der Waals surface area contributed by atoms with E-state index in [1.165, 1.54) is 22.7 Å². The highest BCUT2D eigenvalue weighted by atomic mass is 32.1. The Balaban J connectivity index is 1.32. The molecule has 7 nitrogen and oxygen atoms in total. The molecule has 1 atom stereocenters. The topological polar surface area (TPSA) is 88.1 Å². The molecule has 0 spiro atoms. The van der Waals surface area contributed by atoms with Gasteiger partial charge in [-0.1, -0.05) is 41.7 Å². The van der Waals surface area contributed by atoms with Gasteiger partial charge in [0.05, 0.1) is 17.1 Å². The molecule has 0 bridgehead atoms. The van der Waals surface area contributed by atoms with Crippen LogP contribution in [0.2, 0.25) is 0 Å². The minimum absolute atomic E-state index is 0.0814. The SMILES string of the molecule is O=C(NCCc1cscn1)C1CC(=O)N(c2nnc(Cc3ccccc3)s2)C1. The summed E-state index contributed by atoms with van der Waals surface area (Å²) in [5.74, 6) is -0.536. The minimum atomic E-state index is -0.357. The van der Waals surface area contributed by atoms with Crippen LogP contribution in [-0.2, 0) is 22.4 Å². The van der Waals surface area contributed by atoms with E-state index >= 15 is 0 Å². The summed E-state index contributed by atoms with van der Waals surface area (Å²) in [5.41, 5.74) is 3.89. The van der Waals surface area contributed by atoms with Crippen LogP contribution in [0.5, 0.6) is 0 Å². The van der Waals surface area contributed by atoms with Gasteiger partial charge in [-0.05, 0) is 5.56 Å². The first-order chi connectivity index (χ1) is 13.7. The van der Waals surface area contributed by atoms with Gasteiger partial charge in [0.25, 0.3) is 0 Å². The first-order valence-electron chi connectivity index (χ1n) is 9.00. The number of thiazole rings is 1. The molecule has 1 aromatic carbocycles. The third kappa shape index (κ3) is 4.42. The molecule has 2 aromatic heterocycles. The first kappa shape index (κ1) is 18.7. The van der Waals surface area contributed by atoms with Crippen molar-refractivity contribution < 1.29 is 9.59 Å². The van der Waals surface area contributed by atoms with E-state index in [1.807, 2.05) is 35.7 Å². The van der Waals surface area contributed by atoms with E-state index in [4.69, 9.17) is 0 Å². The van der Waals surface area contributed by atoms with Gasteiger partial charge in [0, 0.05) is 37.7 Å². The highest BCUT2D eigenvalue weighted by Crippen LogP contribution is 2.28. The Bertz CT molecular complexity index is 942. The number of carbonyl (C=O) groups is 2. The zero-order valence-corrected chi connectivity index (χ0v) is 16.7. The van der Waals surface area contributed by atoms with Gasteiger partial charge < -0.3 is 5.32 Å². The quantitative estimate of drug-likeness (QED) is 0.642. The normalized spacial score (nSPS) is 16.5. The lowest BCUT2D eigenvalue weighted by atomic mass is 10.1. The predicted molar refractivity (Wildman–Crippen MR) is 108 cm³/mol. The van der Waals surface area contributed by atoms with Crippen LogP contribution < -0.4 is 10.2 Å². The summed E-state index contributed by atoms with van der Waals surface area (Å²) in [7, 11) is 0. The molecule has 144 valence electrons. The molecule has 1 unspecified atom stereocenters. The Morgan fingerprint density at radius 3 is 2.89 bits per heavy atom. The molecular weight excluding hydrogens is 394 g/mol. The first-order valence-corrected chi connectivity index (χ1v) is 10.8. The number of nitrogens with one attached hydrogen (secondary N) is 1. The zero-order chi connectivity index (χ0) is 19.3. The number of aromatic nitrogens is 3. The molecule has 1 saturated heterocycles. The van der Waals surface area contributed by atoms with Crippen molar-refractivity contribution in [3.8, 4) is 0 Å². The van der Waals surface area contributed by atoms with E-state index in [2.05, 4.69) is 20.5 Å². The van der Waals surface area contributed by atoms with Crippen LogP contribution in [-0.4, -0.2) is 40.1 Å². The molecule has 1 fully saturated rings. The van der Waals surface area contributed by atoms with Gasteiger partial charge in [-0.15, -0.1) is 21.5 Å². The summed E-state index contributed by atoms with van der Waals surface area (Å²) in [6.45, 7) is 0.870. The lowest BCUT2D eigenvalue weighted by Gasteiger charge is -2.12. The summed E-state index contributed by atoms with van der Waals surface area (Å²) in [6, 6.07) is 10.0. The van der Waals surface area contributed by atoms with Gasteiger partial charge in [0.2, 0.25) is 16.9 Å². The zero-order valence-electron chi connectivity index (χ0n) is 15.1. The summed E-state index contributed by atoms with van der Waals surface area (Å²) in [6.07, 6.45) is 1.58. The highest BCUT2D eigenvalue weighted by Gasteiger charge is 2.36. The fourth-order valence-electron chi connectivity index (χ4n) is 3.08. The van der Waals surface area contributed by atoms with E-state index < -0.39 is 0 Å². The lowest BCUT2D eigenvalue weighted by molar-refractivity contribution is -0.126. The Hall–Kier alpha value is -2.65. The summed E-state index contributed by atoms with van der Waals surface area (Å²) in [4.78, 5) is 30.6. The maximum Gasteiger partial charge on any atom is 0.229 e. The van der Waals surface area contributed by atoms with E-state index in [9.17, 15) is 9.59 Å². The number of hydrogen-bond donors (Lipinski definition) is 1. The Labute approximate surface area is 170 Å². The van der Waals surface area contributed by atoms with Crippen molar-refractivity contribution in [2.75, 3.05) is 18.0 Å². The fraction of sp³-hybridized carbons (Fsp3) is 0.316. The van der Waals surface area contributed by atoms with E-state index in [0.29, 0.717) is 31.1 Å². The Morgan fingerprint density at radius 2 is 2.11 bits per heavy atom. The van der Waals surface area contributed by atoms with Crippen molar-refractivity contribution in [2.45, 2.75) is 19.3 Å². The number of benzene rings is 1. The molecule has 28 heavy (non-hydrogen) atoms. The Kier molecular flexibility index (Phi) is 5.73. The second-order valence-electron chi connectivity index (χ2n) is 6.57. The molecule has 1 N–H and O–H groups in total. The second-order valence-corrected chi connectivity index (χ2v) is 8.33. The van der Waals surface area contributed by atoms with Crippen LogP contribution in [0.4, 0.5) is 5.13 Å². The van der Waals surface area contributed by atoms with Gasteiger partial charge in [-0.25, -0.2) is 4.98 Å². The van der Waals surface area contributed by atoms with Gasteiger partial charge in [0.1, 0.15) is 5.01 Å². The average Bonchev–Trinajstić information content (AvgIpc) is 3.44. The lowest BCUT2D eigenvalue weighted by Crippen LogP contribution is -2.34. The van der Waals surface area contributed by atoms with Crippen molar-refractivity contribution in [2.24, 2.45) is 5.92 Å². The molecule has 2 amide bonds. The molecular formula is C19H19N5O2S2. The molecule has 0 aliphatic carbocycles. The smallest absolute Gasteiger partial charge is 0.229 e. The van der Waals surface area contributed by atoms with Crippen LogP contribution in [0.3, 0.4) is 0 Å². The number of carbonyl (C=O) groups excluding carboxylic acids is 2. The monoisotopic (exact) mass is 413 g/mol. The van der Waals surface area contributed by atoms with Gasteiger partial charge >= 0.3 is 0 Å². The van der Waals surface area contributed by atoms with Crippen molar-refractivity contribution >= 4 is 39.6 Å². The Morgan fingerprint density at radius 1 is 1.25 bits per heavy atom. The van der Waals surface area contributed by atoms with Crippen LogP contribution in [0, 0.1) is 5.92 Å². The van der Waals surface area contributed by atoms with E-state index in [-0.39, 0.29) is 24.2 Å². The molecule has 9 heteroatoms. The summed E-state index contributed by atoms with van der Waals surface area (Å²) < 4.78 is 0. The van der Waals surface area contributed by atoms with E-state index in [0.717, 1.165) is 16.3 Å². The van der Waals surface area contributed by atoms with Gasteiger partial charge in [-0.2, -0.15) is 0 Å². The third-order valence-corrected chi connectivity index (χ3v) is 6.13. The largest absolute Gasteiger partial charge is 0.355 e. The molecule has 4 rings (SSSR count). The number of hydrogen-bond acceptors (Lipinski definition) is 7. The summed E-state index contributed by atoms with van der Waals surface area (Å²) in [5, 5.41) is 14.7. The van der Waals surface area contributed by atoms with Gasteiger partial charge in [-0.3, -0.25) is 14.5 Å². The van der Waals surface area contributed by atoms with Crippen LogP contribution in [0.25, 0.3) is 0 Å². The van der Waals surface area contributed by atoms with Gasteiger partial charge in [0.15, 0.2) is 0 Å². The molecule has 1 aliphatic heterocycles. The maximum absolute atomic E-state index is 12.4. The number of amides is 2. The molecule has 3 heterocycles. The minimum Gasteiger partial charge on any atom is -0.355 e. The number of nitrogens with zero attached hydrogens (tertiary/aromatic N) is 4. The van der Waals surface area contributed by atoms with Crippen LogP contribution in [0.15, 0.2) is 41.2 Å². The predicted octanol–water partition coefficient (Wildman–Crippen LogP) is 2.30. The number of rotatable bonds is 7. The maximum atomic E-state index is 12.4. The highest BCUT2D eigenvalue weighted by molar-refractivity contribution is 7.15. The van der Waals surface area contributed by atoms with Crippen molar-refractivity contribution in [1.82, 2.24) is 20.5 Å². The van der Waals surface area contributed by atoms with Crippen molar-refractivity contribution in [3.63, 3.8) is 0 Å². The molecule has 0 radical (unpaired) electrons. The summed E-state index contributed by atoms with van der Waals surface area (Å²) >= 11 is 2.94. The van der Waals surface area contributed by atoms with Crippen LogP contribution in [0.1, 0.15) is 22.7 Å². The third-order valence-electron chi connectivity index (χ3n) is 4.54. The molecule has 3 aromatic rings. The molecule has 0 saturated carbocycles. The second kappa shape index (κ2) is 8.57. The van der Waals surface area contributed by atoms with Crippen molar-refractivity contribution in [3.05, 3.63) is 57.5 Å². The van der Waals surface area contributed by atoms with Crippen molar-refractivity contribution in [1.29, 1.82) is 0 Å². The number of anilines is 1. The fourth-order valence-corrected chi connectivity index (χ4v) is 4.58. The average molecular weight is 414 g/mol. The van der Waals surface area contributed by atoms with E-state index in [1.54, 1.807) is 10.4 Å². The standard InChI is InChI=1S/C19H19N5O2S2/c25-17-9-14(18(26)20-7-6-15-11-27-12-21-15)10-24(17)19-23-22-16(28-19)8-13-4-2-1-3-5-13/h1-5,11-12,14H,6-10H2,(H,20,26).